The minimum absolute atomic E-state index is 0.267. The van der Waals surface area contributed by atoms with Gasteiger partial charge < -0.3 is 10.1 Å². The summed E-state index contributed by atoms with van der Waals surface area (Å²) < 4.78 is 6.00. The summed E-state index contributed by atoms with van der Waals surface area (Å²) in [5, 5.41) is 4.56. The summed E-state index contributed by atoms with van der Waals surface area (Å²) in [7, 11) is 0. The topological polar surface area (TPSA) is 21.3 Å². The van der Waals surface area contributed by atoms with Gasteiger partial charge in [0.1, 0.15) is 11.9 Å². The maximum atomic E-state index is 6.04. The molecule has 1 saturated carbocycles. The molecule has 1 aromatic rings. The number of rotatable bonds is 4. The van der Waals surface area contributed by atoms with Crippen molar-refractivity contribution in [3.63, 3.8) is 0 Å². The lowest BCUT2D eigenvalue weighted by Crippen LogP contribution is -2.43. The van der Waals surface area contributed by atoms with Crippen LogP contribution < -0.4 is 10.1 Å². The van der Waals surface area contributed by atoms with Crippen molar-refractivity contribution in [1.29, 1.82) is 0 Å². The molecule has 1 fully saturated rings. The average Bonchev–Trinajstić information content (AvgIpc) is 2.87. The van der Waals surface area contributed by atoms with E-state index in [2.05, 4.69) is 12.2 Å². The van der Waals surface area contributed by atoms with E-state index in [0.717, 1.165) is 29.7 Å². The molecule has 2 aliphatic rings. The molecule has 2 nitrogen and oxygen atoms in total. The van der Waals surface area contributed by atoms with Crippen LogP contribution in [0, 0.1) is 5.92 Å². The Bertz CT molecular complexity index is 462. The second-order valence-electron chi connectivity index (χ2n) is 6.16. The molecule has 1 aliphatic heterocycles. The molecule has 3 rings (SSSR count). The highest BCUT2D eigenvalue weighted by molar-refractivity contribution is 6.30. The van der Waals surface area contributed by atoms with E-state index in [1.165, 1.54) is 37.7 Å². The van der Waals surface area contributed by atoms with Crippen LogP contribution in [-0.4, -0.2) is 18.7 Å². The van der Waals surface area contributed by atoms with Gasteiger partial charge in [0.25, 0.3) is 0 Å². The molecule has 1 aromatic carbocycles. The third-order valence-corrected chi connectivity index (χ3v) is 5.04. The Hall–Kier alpha value is -0.730. The van der Waals surface area contributed by atoms with Gasteiger partial charge in [0.2, 0.25) is 0 Å². The van der Waals surface area contributed by atoms with E-state index in [4.69, 9.17) is 16.3 Å². The lowest BCUT2D eigenvalue weighted by Gasteiger charge is -2.32. The molecule has 0 radical (unpaired) electrons. The molecule has 1 heterocycles. The fourth-order valence-electron chi connectivity index (χ4n) is 3.65. The van der Waals surface area contributed by atoms with Gasteiger partial charge in [-0.3, -0.25) is 0 Å². The molecule has 3 atom stereocenters. The molecule has 0 amide bonds. The predicted octanol–water partition coefficient (Wildman–Crippen LogP) is 4.20. The van der Waals surface area contributed by atoms with Gasteiger partial charge >= 0.3 is 0 Å². The third kappa shape index (κ3) is 3.12. The van der Waals surface area contributed by atoms with Crippen molar-refractivity contribution >= 4 is 11.6 Å². The molecule has 0 aromatic heterocycles. The Balaban J connectivity index is 1.53. The maximum absolute atomic E-state index is 6.04. The molecule has 3 unspecified atom stereocenters. The van der Waals surface area contributed by atoms with Crippen molar-refractivity contribution in [2.24, 2.45) is 5.92 Å². The quantitative estimate of drug-likeness (QED) is 0.898. The van der Waals surface area contributed by atoms with Crippen LogP contribution in [0.5, 0.6) is 5.75 Å². The van der Waals surface area contributed by atoms with Crippen molar-refractivity contribution in [1.82, 2.24) is 5.32 Å². The third-order valence-electron chi connectivity index (χ3n) is 4.80. The van der Waals surface area contributed by atoms with Crippen LogP contribution >= 0.6 is 11.6 Å². The number of hydrogen-bond acceptors (Lipinski definition) is 2. The molecule has 1 aliphatic carbocycles. The first-order valence-corrected chi connectivity index (χ1v) is 8.32. The summed E-state index contributed by atoms with van der Waals surface area (Å²) in [6, 6.07) is 6.62. The SMILES string of the molecule is CCC1CCCCC1NCC1Cc2cc(Cl)ccc2O1. The highest BCUT2D eigenvalue weighted by atomic mass is 35.5. The zero-order valence-electron chi connectivity index (χ0n) is 12.2. The Kier molecular flexibility index (Phi) is 4.52. The van der Waals surface area contributed by atoms with Crippen LogP contribution in [0.2, 0.25) is 5.02 Å². The number of fused-ring (bicyclic) bond motifs is 1. The standard InChI is InChI=1S/C17H24ClNO/c1-2-12-5-3-4-6-16(12)19-11-15-10-13-9-14(18)7-8-17(13)20-15/h7-9,12,15-16,19H,2-6,10-11H2,1H3. The van der Waals surface area contributed by atoms with Crippen LogP contribution in [0.25, 0.3) is 0 Å². The number of benzene rings is 1. The molecule has 0 bridgehead atoms. The maximum Gasteiger partial charge on any atom is 0.123 e. The lowest BCUT2D eigenvalue weighted by molar-refractivity contribution is 0.192. The van der Waals surface area contributed by atoms with E-state index < -0.39 is 0 Å². The largest absolute Gasteiger partial charge is 0.488 e. The molecule has 1 N–H and O–H groups in total. The summed E-state index contributed by atoms with van der Waals surface area (Å²) >= 11 is 6.04. The molecule has 3 heteroatoms. The lowest BCUT2D eigenvalue weighted by atomic mass is 9.83. The number of nitrogens with one attached hydrogen (secondary N) is 1. The Morgan fingerprint density at radius 1 is 1.30 bits per heavy atom. The van der Waals surface area contributed by atoms with Gasteiger partial charge in [0.15, 0.2) is 0 Å². The van der Waals surface area contributed by atoms with Crippen LogP contribution in [-0.2, 0) is 6.42 Å². The fraction of sp³-hybridized carbons (Fsp3) is 0.647. The first kappa shape index (κ1) is 14.2. The second kappa shape index (κ2) is 6.36. The molecule has 20 heavy (non-hydrogen) atoms. The summed E-state index contributed by atoms with van der Waals surface area (Å²) in [6.45, 7) is 3.27. The first-order chi connectivity index (χ1) is 9.76. The fourth-order valence-corrected chi connectivity index (χ4v) is 3.85. The van der Waals surface area contributed by atoms with Crippen molar-refractivity contribution in [3.8, 4) is 5.75 Å². The van der Waals surface area contributed by atoms with Crippen LogP contribution in [0.3, 0.4) is 0 Å². The Labute approximate surface area is 126 Å². The molecular formula is C17H24ClNO. The first-order valence-electron chi connectivity index (χ1n) is 7.94. The van der Waals surface area contributed by atoms with Gasteiger partial charge in [0.05, 0.1) is 0 Å². The van der Waals surface area contributed by atoms with Gasteiger partial charge in [-0.2, -0.15) is 0 Å². The van der Waals surface area contributed by atoms with E-state index >= 15 is 0 Å². The zero-order valence-corrected chi connectivity index (χ0v) is 13.0. The number of halogens is 1. The summed E-state index contributed by atoms with van der Waals surface area (Å²) in [6.07, 6.45) is 8.02. The molecule has 110 valence electrons. The van der Waals surface area contributed by atoms with E-state index in [1.54, 1.807) is 0 Å². The highest BCUT2D eigenvalue weighted by Gasteiger charge is 2.27. The van der Waals surface area contributed by atoms with Crippen molar-refractivity contribution in [2.45, 2.75) is 57.6 Å². The van der Waals surface area contributed by atoms with Crippen LogP contribution in [0.1, 0.15) is 44.6 Å². The van der Waals surface area contributed by atoms with E-state index in [-0.39, 0.29) is 6.10 Å². The monoisotopic (exact) mass is 293 g/mol. The van der Waals surface area contributed by atoms with Crippen molar-refractivity contribution in [2.75, 3.05) is 6.54 Å². The summed E-state index contributed by atoms with van der Waals surface area (Å²) in [4.78, 5) is 0. The number of hydrogen-bond donors (Lipinski definition) is 1. The summed E-state index contributed by atoms with van der Waals surface area (Å²) in [5.74, 6) is 1.86. The van der Waals surface area contributed by atoms with Gasteiger partial charge in [0, 0.05) is 24.0 Å². The molecule has 0 saturated heterocycles. The van der Waals surface area contributed by atoms with Crippen molar-refractivity contribution in [3.05, 3.63) is 28.8 Å². The molecular weight excluding hydrogens is 270 g/mol. The number of ether oxygens (including phenoxy) is 1. The molecule has 0 spiro atoms. The minimum Gasteiger partial charge on any atom is -0.488 e. The Morgan fingerprint density at radius 2 is 2.15 bits per heavy atom. The van der Waals surface area contributed by atoms with Gasteiger partial charge in [-0.25, -0.2) is 0 Å². The normalized spacial score (nSPS) is 29.0. The average molecular weight is 294 g/mol. The van der Waals surface area contributed by atoms with Crippen LogP contribution in [0.15, 0.2) is 18.2 Å². The highest BCUT2D eigenvalue weighted by Crippen LogP contribution is 2.31. The second-order valence-corrected chi connectivity index (χ2v) is 6.60. The zero-order chi connectivity index (χ0) is 13.9. The minimum atomic E-state index is 0.267. The predicted molar refractivity (Wildman–Crippen MR) is 83.6 cm³/mol. The van der Waals surface area contributed by atoms with Crippen molar-refractivity contribution < 1.29 is 4.74 Å². The van der Waals surface area contributed by atoms with Gasteiger partial charge in [-0.15, -0.1) is 0 Å². The van der Waals surface area contributed by atoms with Gasteiger partial charge in [-0.05, 0) is 42.5 Å². The van der Waals surface area contributed by atoms with E-state index in [9.17, 15) is 0 Å². The summed E-state index contributed by atoms with van der Waals surface area (Å²) in [5.41, 5.74) is 1.25. The van der Waals surface area contributed by atoms with Crippen LogP contribution in [0.4, 0.5) is 0 Å². The van der Waals surface area contributed by atoms with Gasteiger partial charge in [-0.1, -0.05) is 37.8 Å². The van der Waals surface area contributed by atoms with E-state index in [0.29, 0.717) is 6.04 Å². The smallest absolute Gasteiger partial charge is 0.123 e. The van der Waals surface area contributed by atoms with E-state index in [1.807, 2.05) is 18.2 Å². The Morgan fingerprint density at radius 3 is 3.00 bits per heavy atom.